The molecule has 0 spiro atoms. The second-order valence-corrected chi connectivity index (χ2v) is 7.03. The Bertz CT molecular complexity index is 808. The summed E-state index contributed by atoms with van der Waals surface area (Å²) in [7, 11) is 1.24. The minimum absolute atomic E-state index is 0.130. The van der Waals surface area contributed by atoms with Gasteiger partial charge in [-0.2, -0.15) is 0 Å². The number of amides is 2. The van der Waals surface area contributed by atoms with Crippen LogP contribution in [0.15, 0.2) is 27.6 Å². The number of imide groups is 1. The lowest BCUT2D eigenvalue weighted by Gasteiger charge is -2.11. The molecule has 1 aromatic rings. The molecule has 1 aliphatic rings. The summed E-state index contributed by atoms with van der Waals surface area (Å²) in [6.07, 6.45) is 1.47. The van der Waals surface area contributed by atoms with Crippen LogP contribution in [0.5, 0.6) is 5.75 Å². The summed E-state index contributed by atoms with van der Waals surface area (Å²) in [5.41, 5.74) is 0.481. The largest absolute Gasteiger partial charge is 0.481 e. The average molecular weight is 458 g/mol. The fraction of sp³-hybridized carbons (Fsp3) is 0.294. The Morgan fingerprint density at radius 1 is 1.26 bits per heavy atom. The van der Waals surface area contributed by atoms with Crippen molar-refractivity contribution < 1.29 is 33.4 Å². The monoisotopic (exact) mass is 457 g/mol. The fourth-order valence-electron chi connectivity index (χ4n) is 2.07. The summed E-state index contributed by atoms with van der Waals surface area (Å²) in [5, 5.41) is -0.564. The van der Waals surface area contributed by atoms with Crippen molar-refractivity contribution in [3.63, 3.8) is 0 Å². The molecule has 10 heteroatoms. The second kappa shape index (κ2) is 9.56. The number of rotatable bonds is 7. The summed E-state index contributed by atoms with van der Waals surface area (Å²) in [6.45, 7) is 1.04. The highest BCUT2D eigenvalue weighted by molar-refractivity contribution is 9.10. The molecule has 1 aliphatic heterocycles. The second-order valence-electron chi connectivity index (χ2n) is 5.12. The Balaban J connectivity index is 2.23. The van der Waals surface area contributed by atoms with Gasteiger partial charge >= 0.3 is 11.9 Å². The summed E-state index contributed by atoms with van der Waals surface area (Å²) >= 11 is 4.03. The van der Waals surface area contributed by atoms with Crippen molar-refractivity contribution in [2.45, 2.75) is 6.92 Å². The fourth-order valence-corrected chi connectivity index (χ4v) is 3.28. The molecule has 0 bridgehead atoms. The van der Waals surface area contributed by atoms with Crippen LogP contribution >= 0.6 is 27.7 Å². The molecule has 0 aliphatic carbocycles. The van der Waals surface area contributed by atoms with Crippen LogP contribution in [-0.2, 0) is 23.9 Å². The first-order valence-electron chi connectivity index (χ1n) is 7.75. The van der Waals surface area contributed by atoms with E-state index in [0.717, 1.165) is 4.90 Å². The molecule has 0 N–H and O–H groups in total. The van der Waals surface area contributed by atoms with E-state index in [0.29, 0.717) is 27.5 Å². The van der Waals surface area contributed by atoms with Crippen LogP contribution in [0.25, 0.3) is 6.08 Å². The van der Waals surface area contributed by atoms with Crippen LogP contribution in [0.1, 0.15) is 12.5 Å². The van der Waals surface area contributed by atoms with E-state index in [2.05, 4.69) is 20.7 Å². The van der Waals surface area contributed by atoms with Crippen LogP contribution in [0.2, 0.25) is 0 Å². The van der Waals surface area contributed by atoms with Gasteiger partial charge in [-0.25, -0.2) is 4.79 Å². The molecule has 8 nitrogen and oxygen atoms in total. The zero-order valence-corrected chi connectivity index (χ0v) is 16.9. The molecule has 2 amide bonds. The summed E-state index contributed by atoms with van der Waals surface area (Å²) in [4.78, 5) is 48.3. The van der Waals surface area contributed by atoms with Crippen LogP contribution in [0, 0.1) is 0 Å². The minimum atomic E-state index is -0.661. The number of nitrogens with zero attached hydrogens (tertiary/aromatic N) is 1. The topological polar surface area (TPSA) is 99.2 Å². The molecule has 0 saturated carbocycles. The van der Waals surface area contributed by atoms with E-state index in [1.165, 1.54) is 13.2 Å². The molecule has 0 unspecified atom stereocenters. The van der Waals surface area contributed by atoms with Crippen molar-refractivity contribution in [2.24, 2.45) is 0 Å². The van der Waals surface area contributed by atoms with Gasteiger partial charge in [0.15, 0.2) is 6.61 Å². The van der Waals surface area contributed by atoms with Crippen LogP contribution in [0.3, 0.4) is 0 Å². The third kappa shape index (κ3) is 5.57. The quantitative estimate of drug-likeness (QED) is 0.454. The van der Waals surface area contributed by atoms with Gasteiger partial charge in [0.1, 0.15) is 12.3 Å². The molecular weight excluding hydrogens is 442 g/mol. The molecule has 1 aromatic carbocycles. The Labute approximate surface area is 167 Å². The van der Waals surface area contributed by atoms with Gasteiger partial charge in [-0.05, 0) is 43.0 Å². The van der Waals surface area contributed by atoms with E-state index < -0.39 is 29.6 Å². The van der Waals surface area contributed by atoms with E-state index in [1.54, 1.807) is 25.1 Å². The number of esters is 2. The molecule has 2 rings (SSSR count). The van der Waals surface area contributed by atoms with E-state index in [-0.39, 0.29) is 18.1 Å². The number of hydrogen-bond donors (Lipinski definition) is 0. The molecule has 1 heterocycles. The molecule has 0 radical (unpaired) electrons. The minimum Gasteiger partial charge on any atom is -0.481 e. The van der Waals surface area contributed by atoms with Gasteiger partial charge in [-0.15, -0.1) is 0 Å². The van der Waals surface area contributed by atoms with E-state index >= 15 is 0 Å². The first-order valence-corrected chi connectivity index (χ1v) is 9.36. The van der Waals surface area contributed by atoms with Gasteiger partial charge in [0.05, 0.1) is 18.6 Å². The molecule has 144 valence electrons. The van der Waals surface area contributed by atoms with Crippen molar-refractivity contribution in [3.05, 3.63) is 33.1 Å². The Morgan fingerprint density at radius 3 is 2.67 bits per heavy atom. The van der Waals surface area contributed by atoms with Gasteiger partial charge < -0.3 is 14.2 Å². The number of carbonyl (C=O) groups excluding carboxylic acids is 4. The number of hydrogen-bond acceptors (Lipinski definition) is 8. The predicted octanol–water partition coefficient (Wildman–Crippen LogP) is 2.60. The number of methoxy groups -OCH3 is 1. The lowest BCUT2D eigenvalue weighted by atomic mass is 10.2. The molecule has 1 fully saturated rings. The maximum absolute atomic E-state index is 12.5. The molecule has 1 saturated heterocycles. The van der Waals surface area contributed by atoms with Crippen molar-refractivity contribution in [1.29, 1.82) is 0 Å². The number of carbonyl (C=O) groups is 4. The smallest absolute Gasteiger partial charge is 0.343 e. The Morgan fingerprint density at radius 2 is 2.00 bits per heavy atom. The van der Waals surface area contributed by atoms with Gasteiger partial charge in [0, 0.05) is 10.0 Å². The Kier molecular flexibility index (Phi) is 7.43. The van der Waals surface area contributed by atoms with Gasteiger partial charge in [-0.3, -0.25) is 19.3 Å². The lowest BCUT2D eigenvalue weighted by molar-refractivity contribution is -0.146. The highest BCUT2D eigenvalue weighted by Gasteiger charge is 2.36. The standard InChI is InChI=1S/C17H16BrNO7S/c1-3-25-14(20)8-19-16(22)13(27-17(19)23)7-10-6-11(18)4-5-12(10)26-9-15(21)24-2/h4-7H,3,8-9H2,1-2H3/b13-7-. The number of thioether (sulfide) groups is 1. The Hall–Kier alpha value is -2.33. The normalized spacial score (nSPS) is 15.2. The first-order chi connectivity index (χ1) is 12.8. The van der Waals surface area contributed by atoms with Crippen LogP contribution < -0.4 is 4.74 Å². The molecule has 0 atom stereocenters. The van der Waals surface area contributed by atoms with Gasteiger partial charge in [0.25, 0.3) is 11.1 Å². The maximum Gasteiger partial charge on any atom is 0.343 e. The zero-order valence-electron chi connectivity index (χ0n) is 14.5. The number of ether oxygens (including phenoxy) is 3. The highest BCUT2D eigenvalue weighted by atomic mass is 79.9. The number of halogens is 1. The zero-order chi connectivity index (χ0) is 20.0. The van der Waals surface area contributed by atoms with Crippen molar-refractivity contribution in [1.82, 2.24) is 4.90 Å². The highest BCUT2D eigenvalue weighted by Crippen LogP contribution is 2.34. The summed E-state index contributed by atoms with van der Waals surface area (Å²) in [6, 6.07) is 4.99. The average Bonchev–Trinajstić information content (AvgIpc) is 2.88. The van der Waals surface area contributed by atoms with Gasteiger partial charge in [0.2, 0.25) is 0 Å². The summed E-state index contributed by atoms with van der Waals surface area (Å²) < 4.78 is 15.4. The molecule has 27 heavy (non-hydrogen) atoms. The maximum atomic E-state index is 12.5. The summed E-state index contributed by atoms with van der Waals surface area (Å²) in [5.74, 6) is -1.48. The van der Waals surface area contributed by atoms with Crippen molar-refractivity contribution in [3.8, 4) is 5.75 Å². The van der Waals surface area contributed by atoms with E-state index in [4.69, 9.17) is 9.47 Å². The first kappa shape index (κ1) is 21.0. The third-order valence-electron chi connectivity index (χ3n) is 3.30. The van der Waals surface area contributed by atoms with E-state index in [1.807, 2.05) is 0 Å². The molecular formula is C17H16BrNO7S. The SMILES string of the molecule is CCOC(=O)CN1C(=O)S/C(=C\c2cc(Br)ccc2OCC(=O)OC)C1=O. The third-order valence-corrected chi connectivity index (χ3v) is 4.70. The predicted molar refractivity (Wildman–Crippen MR) is 101 cm³/mol. The lowest BCUT2D eigenvalue weighted by Crippen LogP contribution is -2.34. The number of benzene rings is 1. The molecule has 0 aromatic heterocycles. The van der Waals surface area contributed by atoms with Gasteiger partial charge in [-0.1, -0.05) is 15.9 Å². The van der Waals surface area contributed by atoms with Crippen LogP contribution in [0.4, 0.5) is 4.79 Å². The van der Waals surface area contributed by atoms with Crippen molar-refractivity contribution >= 4 is 56.9 Å². The van der Waals surface area contributed by atoms with E-state index in [9.17, 15) is 19.2 Å². The van der Waals surface area contributed by atoms with Crippen molar-refractivity contribution in [2.75, 3.05) is 26.9 Å². The van der Waals surface area contributed by atoms with Crippen LogP contribution in [-0.4, -0.2) is 54.9 Å².